The van der Waals surface area contributed by atoms with E-state index in [2.05, 4.69) is 26.1 Å². The van der Waals surface area contributed by atoms with Gasteiger partial charge in [0.25, 0.3) is 0 Å². The molecule has 0 spiro atoms. The van der Waals surface area contributed by atoms with E-state index in [4.69, 9.17) is 11.1 Å². The van der Waals surface area contributed by atoms with Crippen molar-refractivity contribution in [2.45, 2.75) is 17.0 Å². The van der Waals surface area contributed by atoms with E-state index in [0.29, 0.717) is 5.56 Å². The van der Waals surface area contributed by atoms with Crippen LogP contribution in [0, 0.1) is 12.3 Å². The lowest BCUT2D eigenvalue weighted by molar-refractivity contribution is 0.765. The molecular formula is C11H12BrN5S. The van der Waals surface area contributed by atoms with Crippen molar-refractivity contribution in [1.82, 2.24) is 14.8 Å². The monoisotopic (exact) mass is 325 g/mol. The van der Waals surface area contributed by atoms with Gasteiger partial charge in [-0.1, -0.05) is 15.9 Å². The lowest BCUT2D eigenvalue weighted by Gasteiger charge is -2.08. The van der Waals surface area contributed by atoms with Crippen LogP contribution >= 0.6 is 27.7 Å². The van der Waals surface area contributed by atoms with Gasteiger partial charge in [-0.15, -0.1) is 10.2 Å². The first-order chi connectivity index (χ1) is 8.49. The normalized spacial score (nSPS) is 10.6. The Labute approximate surface area is 117 Å². The molecule has 0 aliphatic rings. The highest BCUT2D eigenvalue weighted by atomic mass is 79.9. The van der Waals surface area contributed by atoms with Crippen LogP contribution < -0.4 is 5.73 Å². The number of benzene rings is 1. The van der Waals surface area contributed by atoms with Crippen LogP contribution in [0.25, 0.3) is 0 Å². The molecule has 0 saturated heterocycles. The number of aryl methyl sites for hydroxylation is 1. The number of nitrogens with zero attached hydrogens (tertiary/aromatic N) is 3. The molecular weight excluding hydrogens is 314 g/mol. The van der Waals surface area contributed by atoms with Crippen LogP contribution in [0.2, 0.25) is 0 Å². The van der Waals surface area contributed by atoms with Crippen molar-refractivity contribution in [1.29, 1.82) is 5.41 Å². The van der Waals surface area contributed by atoms with Gasteiger partial charge < -0.3 is 10.3 Å². The second kappa shape index (κ2) is 5.11. The molecule has 0 saturated carbocycles. The Kier molecular flexibility index (Phi) is 3.72. The van der Waals surface area contributed by atoms with Gasteiger partial charge in [-0.05, 0) is 36.9 Å². The Bertz CT molecular complexity index is 607. The first kappa shape index (κ1) is 13.1. The van der Waals surface area contributed by atoms with Crippen LogP contribution in [-0.2, 0) is 7.05 Å². The number of amidine groups is 1. The van der Waals surface area contributed by atoms with Crippen molar-refractivity contribution in [3.05, 3.63) is 34.1 Å². The standard InChI is InChI=1S/C11H12BrN5S/c1-6-15-16-11(17(6)2)18-9-4-3-7(12)5-8(9)10(13)14/h3-5H,1-2H3,(H3,13,14). The second-order valence-corrected chi connectivity index (χ2v) is 5.67. The first-order valence-electron chi connectivity index (χ1n) is 5.17. The van der Waals surface area contributed by atoms with Crippen molar-refractivity contribution in [2.24, 2.45) is 12.8 Å². The van der Waals surface area contributed by atoms with Crippen molar-refractivity contribution in [3.8, 4) is 0 Å². The lowest BCUT2D eigenvalue weighted by Crippen LogP contribution is -2.12. The number of nitrogen functional groups attached to an aromatic ring is 1. The highest BCUT2D eigenvalue weighted by molar-refractivity contribution is 9.10. The van der Waals surface area contributed by atoms with Crippen LogP contribution in [0.4, 0.5) is 0 Å². The van der Waals surface area contributed by atoms with E-state index in [1.54, 1.807) is 0 Å². The predicted octanol–water partition coefficient (Wildman–Crippen LogP) is 2.32. The smallest absolute Gasteiger partial charge is 0.195 e. The summed E-state index contributed by atoms with van der Waals surface area (Å²) in [5, 5.41) is 16.5. The van der Waals surface area contributed by atoms with Crippen molar-refractivity contribution >= 4 is 33.5 Å². The number of halogens is 1. The highest BCUT2D eigenvalue weighted by Crippen LogP contribution is 2.30. The number of hydrogen-bond acceptors (Lipinski definition) is 4. The average Bonchev–Trinajstić information content (AvgIpc) is 2.63. The molecule has 0 amide bonds. The van der Waals surface area contributed by atoms with Gasteiger partial charge in [0.1, 0.15) is 11.7 Å². The zero-order chi connectivity index (χ0) is 13.3. The van der Waals surface area contributed by atoms with Crippen molar-refractivity contribution < 1.29 is 0 Å². The van der Waals surface area contributed by atoms with E-state index in [-0.39, 0.29) is 5.84 Å². The van der Waals surface area contributed by atoms with Gasteiger partial charge in [-0.2, -0.15) is 0 Å². The summed E-state index contributed by atoms with van der Waals surface area (Å²) in [5.74, 6) is 0.886. The zero-order valence-electron chi connectivity index (χ0n) is 9.94. The minimum absolute atomic E-state index is 0.0395. The molecule has 0 fully saturated rings. The number of aromatic nitrogens is 3. The third kappa shape index (κ3) is 2.56. The fourth-order valence-corrected chi connectivity index (χ4v) is 2.70. The minimum atomic E-state index is 0.0395. The quantitative estimate of drug-likeness (QED) is 0.670. The highest BCUT2D eigenvalue weighted by Gasteiger charge is 2.12. The summed E-state index contributed by atoms with van der Waals surface area (Å²) in [6, 6.07) is 5.65. The number of hydrogen-bond donors (Lipinski definition) is 2. The van der Waals surface area contributed by atoms with E-state index in [9.17, 15) is 0 Å². The van der Waals surface area contributed by atoms with Crippen LogP contribution in [0.3, 0.4) is 0 Å². The molecule has 18 heavy (non-hydrogen) atoms. The Morgan fingerprint density at radius 2 is 2.17 bits per heavy atom. The summed E-state index contributed by atoms with van der Waals surface area (Å²) in [7, 11) is 1.91. The third-order valence-electron chi connectivity index (χ3n) is 2.49. The maximum Gasteiger partial charge on any atom is 0.195 e. The predicted molar refractivity (Wildman–Crippen MR) is 75.0 cm³/mol. The number of nitrogens with two attached hydrogens (primary N) is 1. The third-order valence-corrected chi connectivity index (χ3v) is 4.09. The largest absolute Gasteiger partial charge is 0.384 e. The lowest BCUT2D eigenvalue weighted by atomic mass is 10.2. The molecule has 0 unspecified atom stereocenters. The molecule has 0 aliphatic carbocycles. The molecule has 94 valence electrons. The Morgan fingerprint density at radius 3 is 2.72 bits per heavy atom. The molecule has 2 aromatic rings. The summed E-state index contributed by atoms with van der Waals surface area (Å²) >= 11 is 4.82. The number of nitrogens with one attached hydrogen (secondary N) is 1. The summed E-state index contributed by atoms with van der Waals surface area (Å²) in [5.41, 5.74) is 6.28. The molecule has 1 aromatic carbocycles. The topological polar surface area (TPSA) is 80.6 Å². The van der Waals surface area contributed by atoms with Crippen LogP contribution in [-0.4, -0.2) is 20.6 Å². The summed E-state index contributed by atoms with van der Waals surface area (Å²) in [6.07, 6.45) is 0. The van der Waals surface area contributed by atoms with Crippen LogP contribution in [0.15, 0.2) is 32.7 Å². The number of rotatable bonds is 3. The Morgan fingerprint density at radius 1 is 1.44 bits per heavy atom. The van der Waals surface area contributed by atoms with E-state index in [1.807, 2.05) is 36.7 Å². The van der Waals surface area contributed by atoms with Crippen LogP contribution in [0.5, 0.6) is 0 Å². The van der Waals surface area contributed by atoms with Gasteiger partial charge in [0.2, 0.25) is 0 Å². The summed E-state index contributed by atoms with van der Waals surface area (Å²) < 4.78 is 2.79. The molecule has 0 aliphatic heterocycles. The van der Waals surface area contributed by atoms with E-state index >= 15 is 0 Å². The zero-order valence-corrected chi connectivity index (χ0v) is 12.3. The molecule has 1 aromatic heterocycles. The maximum absolute atomic E-state index is 7.60. The molecule has 0 radical (unpaired) electrons. The molecule has 0 bridgehead atoms. The summed E-state index contributed by atoms with van der Waals surface area (Å²) in [6.45, 7) is 1.89. The van der Waals surface area contributed by atoms with E-state index in [1.165, 1.54) is 11.8 Å². The molecule has 5 nitrogen and oxygen atoms in total. The fourth-order valence-electron chi connectivity index (χ4n) is 1.38. The van der Waals surface area contributed by atoms with Gasteiger partial charge in [0.15, 0.2) is 5.16 Å². The van der Waals surface area contributed by atoms with Gasteiger partial charge in [-0.25, -0.2) is 0 Å². The molecule has 1 heterocycles. The second-order valence-electron chi connectivity index (χ2n) is 3.75. The van der Waals surface area contributed by atoms with Crippen molar-refractivity contribution in [3.63, 3.8) is 0 Å². The summed E-state index contributed by atoms with van der Waals surface area (Å²) in [4.78, 5) is 0.890. The first-order valence-corrected chi connectivity index (χ1v) is 6.78. The average molecular weight is 326 g/mol. The minimum Gasteiger partial charge on any atom is -0.384 e. The van der Waals surface area contributed by atoms with Gasteiger partial charge in [-0.3, -0.25) is 5.41 Å². The van der Waals surface area contributed by atoms with E-state index in [0.717, 1.165) is 20.3 Å². The molecule has 7 heteroatoms. The fraction of sp³-hybridized carbons (Fsp3) is 0.182. The molecule has 2 rings (SSSR count). The van der Waals surface area contributed by atoms with Crippen molar-refractivity contribution in [2.75, 3.05) is 0 Å². The SMILES string of the molecule is Cc1nnc(Sc2ccc(Br)cc2C(=N)N)n1C. The molecule has 3 N–H and O–H groups in total. The van der Waals surface area contributed by atoms with Gasteiger partial charge >= 0.3 is 0 Å². The van der Waals surface area contributed by atoms with E-state index < -0.39 is 0 Å². The molecule has 0 atom stereocenters. The maximum atomic E-state index is 7.60. The van der Waals surface area contributed by atoms with Crippen LogP contribution in [0.1, 0.15) is 11.4 Å². The van der Waals surface area contributed by atoms with Gasteiger partial charge in [0, 0.05) is 22.0 Å². The Balaban J connectivity index is 2.40. The Hall–Kier alpha value is -1.34. The van der Waals surface area contributed by atoms with Gasteiger partial charge in [0.05, 0.1) is 0 Å².